The van der Waals surface area contributed by atoms with Crippen molar-refractivity contribution in [3.8, 4) is 5.75 Å². The summed E-state index contributed by atoms with van der Waals surface area (Å²) in [6.45, 7) is -0.117. The zero-order chi connectivity index (χ0) is 27.5. The summed E-state index contributed by atoms with van der Waals surface area (Å²) in [5.74, 6) is -1.23. The zero-order valence-electron chi connectivity index (χ0n) is 20.3. The molecule has 10 heteroatoms. The van der Waals surface area contributed by atoms with Crippen LogP contribution in [-0.4, -0.2) is 49.6 Å². The average Bonchev–Trinajstić information content (AvgIpc) is 3.46. The van der Waals surface area contributed by atoms with Gasteiger partial charge >= 0.3 is 5.97 Å². The molecule has 0 saturated carbocycles. The van der Waals surface area contributed by atoms with Crippen LogP contribution in [0.2, 0.25) is 0 Å². The van der Waals surface area contributed by atoms with E-state index >= 15 is 0 Å². The zero-order valence-corrected chi connectivity index (χ0v) is 23.5. The van der Waals surface area contributed by atoms with Gasteiger partial charge in [-0.05, 0) is 41.5 Å². The van der Waals surface area contributed by atoms with E-state index < -0.39 is 17.9 Å². The van der Waals surface area contributed by atoms with Crippen LogP contribution in [0.4, 0.5) is 0 Å². The highest BCUT2D eigenvalue weighted by Gasteiger charge is 2.40. The first-order chi connectivity index (χ1) is 18.8. The highest BCUT2D eigenvalue weighted by Crippen LogP contribution is 2.35. The Bertz CT molecular complexity index is 1630. The molecule has 0 unspecified atom stereocenters. The number of hydrogen-bond donors (Lipinski definition) is 2. The molecule has 5 rings (SSSR count). The normalized spacial score (nSPS) is 15.2. The van der Waals surface area contributed by atoms with Crippen molar-refractivity contribution >= 4 is 78.9 Å². The predicted molar refractivity (Wildman–Crippen MR) is 159 cm³/mol. The molecular formula is C29H21BrN2O5S2. The number of halogens is 1. The number of carbonyl (C=O) groups excluding carboxylic acids is 2. The summed E-state index contributed by atoms with van der Waals surface area (Å²) in [5.41, 5.74) is 2.94. The molecule has 2 N–H and O–H groups in total. The van der Waals surface area contributed by atoms with Crippen LogP contribution in [0, 0.1) is 0 Å². The van der Waals surface area contributed by atoms with Crippen LogP contribution in [0.15, 0.2) is 88.4 Å². The third-order valence-electron chi connectivity index (χ3n) is 6.23. The summed E-state index contributed by atoms with van der Waals surface area (Å²) >= 11 is 9.87. The first-order valence-electron chi connectivity index (χ1n) is 11.9. The second-order valence-corrected chi connectivity index (χ2v) is 11.3. The van der Waals surface area contributed by atoms with Gasteiger partial charge in [0.1, 0.15) is 16.1 Å². The fraction of sp³-hybridized carbons (Fsp3) is 0.103. The molecule has 4 aromatic rings. The summed E-state index contributed by atoms with van der Waals surface area (Å²) < 4.78 is 6.54. The van der Waals surface area contributed by atoms with E-state index in [9.17, 15) is 19.5 Å². The number of amides is 1. The number of H-pyrrole nitrogens is 1. The Balaban J connectivity index is 1.27. The van der Waals surface area contributed by atoms with Crippen molar-refractivity contribution in [2.45, 2.75) is 12.5 Å². The van der Waals surface area contributed by atoms with Crippen LogP contribution >= 0.6 is 39.9 Å². The van der Waals surface area contributed by atoms with Gasteiger partial charge in [0.15, 0.2) is 6.61 Å². The van der Waals surface area contributed by atoms with E-state index in [1.54, 1.807) is 54.7 Å². The molecule has 7 nitrogen and oxygen atoms in total. The number of rotatable bonds is 9. The summed E-state index contributed by atoms with van der Waals surface area (Å²) in [6.07, 6.45) is 3.55. The van der Waals surface area contributed by atoms with E-state index in [4.69, 9.17) is 17.0 Å². The highest BCUT2D eigenvalue weighted by atomic mass is 79.9. The van der Waals surface area contributed by atoms with Gasteiger partial charge in [-0.2, -0.15) is 0 Å². The van der Waals surface area contributed by atoms with Gasteiger partial charge in [-0.3, -0.25) is 14.5 Å². The van der Waals surface area contributed by atoms with Crippen molar-refractivity contribution in [3.05, 3.63) is 105 Å². The van der Waals surface area contributed by atoms with Crippen LogP contribution in [0.25, 0.3) is 17.0 Å². The Morgan fingerprint density at radius 1 is 1.08 bits per heavy atom. The van der Waals surface area contributed by atoms with Crippen molar-refractivity contribution < 1.29 is 24.2 Å². The van der Waals surface area contributed by atoms with Crippen LogP contribution in [-0.2, 0) is 16.0 Å². The maximum atomic E-state index is 13.3. The van der Waals surface area contributed by atoms with Crippen LogP contribution in [0.3, 0.4) is 0 Å². The van der Waals surface area contributed by atoms with Gasteiger partial charge in [0, 0.05) is 33.6 Å². The van der Waals surface area contributed by atoms with E-state index in [1.807, 2.05) is 30.3 Å². The van der Waals surface area contributed by atoms with E-state index in [-0.39, 0.29) is 23.1 Å². The molecule has 1 saturated heterocycles. The Morgan fingerprint density at radius 3 is 2.54 bits per heavy atom. The van der Waals surface area contributed by atoms with Crippen LogP contribution in [0.1, 0.15) is 21.5 Å². The number of carboxylic acid groups (broad SMARTS) is 1. The van der Waals surface area contributed by atoms with Crippen molar-refractivity contribution in [1.29, 1.82) is 0 Å². The molecular weight excluding hydrogens is 600 g/mol. The lowest BCUT2D eigenvalue weighted by molar-refractivity contribution is -0.145. The minimum Gasteiger partial charge on any atom is -0.485 e. The molecule has 1 atom stereocenters. The molecule has 1 aromatic heterocycles. The molecule has 3 aromatic carbocycles. The van der Waals surface area contributed by atoms with Gasteiger partial charge in [0.05, 0.1) is 4.91 Å². The minimum atomic E-state index is -1.14. The van der Waals surface area contributed by atoms with E-state index in [2.05, 4.69) is 20.9 Å². The lowest BCUT2D eigenvalue weighted by Crippen LogP contribution is -2.45. The molecule has 2 heterocycles. The van der Waals surface area contributed by atoms with Crippen molar-refractivity contribution in [1.82, 2.24) is 9.88 Å². The first-order valence-corrected chi connectivity index (χ1v) is 13.9. The Morgan fingerprint density at radius 2 is 1.79 bits per heavy atom. The maximum absolute atomic E-state index is 13.3. The molecule has 0 aliphatic carbocycles. The number of thiocarbonyl (C=S) groups is 1. The molecule has 1 aliphatic heterocycles. The fourth-order valence-corrected chi connectivity index (χ4v) is 6.13. The third-order valence-corrected chi connectivity index (χ3v) is 8.25. The lowest BCUT2D eigenvalue weighted by atomic mass is 10.0. The Hall–Kier alpha value is -3.73. The maximum Gasteiger partial charge on any atom is 0.327 e. The topological polar surface area (TPSA) is 99.7 Å². The number of benzene rings is 3. The van der Waals surface area contributed by atoms with Crippen molar-refractivity contribution in [2.24, 2.45) is 0 Å². The number of carboxylic acids is 1. The number of aromatic amines is 1. The quantitative estimate of drug-likeness (QED) is 0.133. The molecule has 0 bridgehead atoms. The van der Waals surface area contributed by atoms with Crippen LogP contribution < -0.4 is 4.74 Å². The number of carbonyl (C=O) groups is 3. The van der Waals surface area contributed by atoms with Gasteiger partial charge in [-0.25, -0.2) is 4.79 Å². The monoisotopic (exact) mass is 620 g/mol. The summed E-state index contributed by atoms with van der Waals surface area (Å²) in [4.78, 5) is 42.6. The largest absolute Gasteiger partial charge is 0.485 e. The molecule has 39 heavy (non-hydrogen) atoms. The Kier molecular flexibility index (Phi) is 7.97. The SMILES string of the molecule is O=C(COc1ccc(/C=C2\SC(=S)N([C@@H](Cc3c[nH]c4ccccc34)C(=O)O)C2=O)cc1)c1ccccc1Br. The highest BCUT2D eigenvalue weighted by molar-refractivity contribution is 9.10. The number of para-hydroxylation sites is 1. The number of hydrogen-bond acceptors (Lipinski definition) is 6. The molecule has 1 fully saturated rings. The van der Waals surface area contributed by atoms with E-state index in [0.717, 1.165) is 28.2 Å². The predicted octanol–water partition coefficient (Wildman–Crippen LogP) is 6.09. The Labute approximate surface area is 242 Å². The lowest BCUT2D eigenvalue weighted by Gasteiger charge is -2.23. The first kappa shape index (κ1) is 26.9. The average molecular weight is 622 g/mol. The minimum absolute atomic E-state index is 0.114. The summed E-state index contributed by atoms with van der Waals surface area (Å²) in [7, 11) is 0. The number of ketones is 1. The number of Topliss-reactive ketones (excluding diaryl/α,β-unsaturated/α-hetero) is 1. The van der Waals surface area contributed by atoms with Gasteiger partial charge in [0.25, 0.3) is 5.91 Å². The third kappa shape index (κ3) is 5.83. The molecule has 1 aliphatic rings. The number of nitrogens with one attached hydrogen (secondary N) is 1. The van der Waals surface area contributed by atoms with Gasteiger partial charge < -0.3 is 14.8 Å². The van der Waals surface area contributed by atoms with Gasteiger partial charge in [-0.1, -0.05) is 88.4 Å². The van der Waals surface area contributed by atoms with Crippen molar-refractivity contribution in [2.75, 3.05) is 6.61 Å². The van der Waals surface area contributed by atoms with Crippen molar-refractivity contribution in [3.63, 3.8) is 0 Å². The van der Waals surface area contributed by atoms with E-state index in [0.29, 0.717) is 26.3 Å². The summed E-state index contributed by atoms with van der Waals surface area (Å²) in [5, 5.41) is 10.9. The van der Waals surface area contributed by atoms with E-state index in [1.165, 1.54) is 4.90 Å². The molecule has 0 radical (unpaired) electrons. The smallest absolute Gasteiger partial charge is 0.327 e. The number of aliphatic carboxylic acids is 1. The second kappa shape index (κ2) is 11.6. The van der Waals surface area contributed by atoms with Gasteiger partial charge in [0.2, 0.25) is 5.78 Å². The molecule has 0 spiro atoms. The number of aromatic nitrogens is 1. The second-order valence-electron chi connectivity index (χ2n) is 8.73. The molecule has 1 amide bonds. The fourth-order valence-electron chi connectivity index (χ4n) is 4.27. The molecule has 196 valence electrons. The number of fused-ring (bicyclic) bond motifs is 1. The standard InChI is InChI=1S/C29H21BrN2O5S2/c30-22-7-3-1-6-21(22)25(33)16-37-19-11-9-17(10-12-19)13-26-27(34)32(29(38)39-26)24(28(35)36)14-18-15-31-23-8-4-2-5-20(18)23/h1-13,15,24,31H,14,16H2,(H,35,36)/b26-13-/t24-/m0/s1. The summed E-state index contributed by atoms with van der Waals surface area (Å²) in [6, 6.07) is 20.5. The number of nitrogens with zero attached hydrogens (tertiary/aromatic N) is 1. The number of thioether (sulfide) groups is 1. The number of ether oxygens (including phenoxy) is 1. The van der Waals surface area contributed by atoms with Crippen LogP contribution in [0.5, 0.6) is 5.75 Å². The van der Waals surface area contributed by atoms with Gasteiger partial charge in [-0.15, -0.1) is 0 Å².